The third-order valence-corrected chi connectivity index (χ3v) is 6.01. The first-order valence-corrected chi connectivity index (χ1v) is 10.4. The molecule has 1 aliphatic heterocycles. The highest BCUT2D eigenvalue weighted by molar-refractivity contribution is 6.00. The lowest BCUT2D eigenvalue weighted by molar-refractivity contribution is 0.0504. The summed E-state index contributed by atoms with van der Waals surface area (Å²) < 4.78 is 40.1. The molecule has 3 aromatic rings. The molecule has 0 bridgehead atoms. The molecule has 0 unspecified atom stereocenters. The van der Waals surface area contributed by atoms with Crippen molar-refractivity contribution in [2.45, 2.75) is 39.2 Å². The number of cyclic esters (lactones) is 1. The standard InChI is InChI=1S/C23H24F2N4O3/c1-5-23(6-2)11-29(22(30)32-23)17-9-14-16(10-18(17)31-4)26-12-27-21(14)28-20-15(24)8-7-13(3)19(20)25/h7-10,12H,5-6,11H2,1-4H3,(H,26,27,28). The Hall–Kier alpha value is -3.49. The van der Waals surface area contributed by atoms with Crippen molar-refractivity contribution in [3.8, 4) is 5.75 Å². The molecule has 2 aromatic carbocycles. The quantitative estimate of drug-likeness (QED) is 0.544. The molecule has 1 fully saturated rings. The van der Waals surface area contributed by atoms with Crippen LogP contribution in [0.3, 0.4) is 0 Å². The highest BCUT2D eigenvalue weighted by Crippen LogP contribution is 2.40. The van der Waals surface area contributed by atoms with Crippen LogP contribution in [0.1, 0.15) is 32.3 Å². The zero-order valence-corrected chi connectivity index (χ0v) is 18.3. The second-order valence-electron chi connectivity index (χ2n) is 7.79. The van der Waals surface area contributed by atoms with E-state index in [-0.39, 0.29) is 11.5 Å². The van der Waals surface area contributed by atoms with Crippen molar-refractivity contribution in [1.82, 2.24) is 9.97 Å². The average Bonchev–Trinajstić information content (AvgIpc) is 3.15. The number of anilines is 3. The molecule has 0 radical (unpaired) electrons. The van der Waals surface area contributed by atoms with Crippen molar-refractivity contribution in [1.29, 1.82) is 0 Å². The molecule has 168 valence electrons. The SMILES string of the molecule is CCC1(CC)CN(c2cc3c(Nc4c(F)ccc(C)c4F)ncnc3cc2OC)C(=O)O1. The largest absolute Gasteiger partial charge is 0.494 e. The number of halogens is 2. The zero-order valence-electron chi connectivity index (χ0n) is 18.3. The monoisotopic (exact) mass is 442 g/mol. The maximum atomic E-state index is 14.6. The number of aromatic nitrogens is 2. The minimum atomic E-state index is -0.743. The molecule has 7 nitrogen and oxygen atoms in total. The fraction of sp³-hybridized carbons (Fsp3) is 0.348. The topological polar surface area (TPSA) is 76.6 Å². The van der Waals surface area contributed by atoms with E-state index in [1.807, 2.05) is 13.8 Å². The summed E-state index contributed by atoms with van der Waals surface area (Å²) in [5.74, 6) is -0.821. The van der Waals surface area contributed by atoms with E-state index in [0.29, 0.717) is 47.3 Å². The van der Waals surface area contributed by atoms with Gasteiger partial charge in [-0.05, 0) is 37.5 Å². The number of hydrogen-bond acceptors (Lipinski definition) is 6. The Morgan fingerprint density at radius 2 is 1.97 bits per heavy atom. The van der Waals surface area contributed by atoms with Gasteiger partial charge in [0.25, 0.3) is 0 Å². The van der Waals surface area contributed by atoms with Crippen molar-refractivity contribution in [3.05, 3.63) is 47.8 Å². The molecule has 1 saturated heterocycles. The van der Waals surface area contributed by atoms with Gasteiger partial charge in [0.1, 0.15) is 35.0 Å². The smallest absolute Gasteiger partial charge is 0.415 e. The van der Waals surface area contributed by atoms with Crippen LogP contribution >= 0.6 is 0 Å². The Morgan fingerprint density at radius 1 is 1.22 bits per heavy atom. The summed E-state index contributed by atoms with van der Waals surface area (Å²) in [4.78, 5) is 22.7. The number of nitrogens with zero attached hydrogens (tertiary/aromatic N) is 3. The number of carbonyl (C=O) groups excluding carboxylic acids is 1. The first kappa shape index (κ1) is 21.7. The van der Waals surface area contributed by atoms with Crippen LogP contribution in [0.5, 0.6) is 5.75 Å². The molecule has 1 N–H and O–H groups in total. The summed E-state index contributed by atoms with van der Waals surface area (Å²) in [6, 6.07) is 5.88. The maximum Gasteiger partial charge on any atom is 0.415 e. The van der Waals surface area contributed by atoms with Gasteiger partial charge in [-0.15, -0.1) is 0 Å². The number of rotatable bonds is 6. The Bertz CT molecular complexity index is 1200. The van der Waals surface area contributed by atoms with Crippen LogP contribution in [0.2, 0.25) is 0 Å². The first-order chi connectivity index (χ1) is 15.3. The van der Waals surface area contributed by atoms with Crippen molar-refractivity contribution in [3.63, 3.8) is 0 Å². The molecule has 2 heterocycles. The van der Waals surface area contributed by atoms with Crippen LogP contribution in [-0.4, -0.2) is 35.3 Å². The second-order valence-corrected chi connectivity index (χ2v) is 7.79. The van der Waals surface area contributed by atoms with E-state index >= 15 is 0 Å². The number of nitrogens with one attached hydrogen (secondary N) is 1. The molecule has 0 atom stereocenters. The summed E-state index contributed by atoms with van der Waals surface area (Å²) in [5.41, 5.74) is 0.362. The highest BCUT2D eigenvalue weighted by atomic mass is 19.1. The summed E-state index contributed by atoms with van der Waals surface area (Å²) in [6.45, 7) is 5.85. The van der Waals surface area contributed by atoms with E-state index in [4.69, 9.17) is 9.47 Å². The molecule has 0 saturated carbocycles. The minimum Gasteiger partial charge on any atom is -0.494 e. The van der Waals surface area contributed by atoms with E-state index in [9.17, 15) is 13.6 Å². The number of aryl methyl sites for hydroxylation is 1. The van der Waals surface area contributed by atoms with Crippen molar-refractivity contribution in [2.75, 3.05) is 23.9 Å². The van der Waals surface area contributed by atoms with Crippen LogP contribution in [0.15, 0.2) is 30.6 Å². The first-order valence-electron chi connectivity index (χ1n) is 10.4. The molecular formula is C23H24F2N4O3. The molecule has 9 heteroatoms. The van der Waals surface area contributed by atoms with Gasteiger partial charge >= 0.3 is 6.09 Å². The molecule has 0 spiro atoms. The number of carbonyl (C=O) groups is 1. The van der Waals surface area contributed by atoms with Crippen LogP contribution in [0, 0.1) is 18.6 Å². The molecule has 1 aromatic heterocycles. The van der Waals surface area contributed by atoms with Crippen LogP contribution in [0.25, 0.3) is 10.9 Å². The van der Waals surface area contributed by atoms with E-state index in [0.717, 1.165) is 0 Å². The van der Waals surface area contributed by atoms with Crippen molar-refractivity contribution in [2.24, 2.45) is 0 Å². The Kier molecular flexibility index (Phi) is 5.58. The molecule has 32 heavy (non-hydrogen) atoms. The van der Waals surface area contributed by atoms with E-state index in [2.05, 4.69) is 15.3 Å². The number of amides is 1. The lowest BCUT2D eigenvalue weighted by Gasteiger charge is -2.23. The van der Waals surface area contributed by atoms with Gasteiger partial charge in [0.05, 0.1) is 24.9 Å². The summed E-state index contributed by atoms with van der Waals surface area (Å²) in [5, 5.41) is 3.23. The number of hydrogen-bond donors (Lipinski definition) is 1. The van der Waals surface area contributed by atoms with Gasteiger partial charge < -0.3 is 14.8 Å². The second kappa shape index (κ2) is 8.22. The average molecular weight is 442 g/mol. The molecular weight excluding hydrogens is 418 g/mol. The Balaban J connectivity index is 1.83. The number of fused-ring (bicyclic) bond motifs is 1. The molecule has 0 aliphatic carbocycles. The van der Waals surface area contributed by atoms with Gasteiger partial charge in [-0.2, -0.15) is 0 Å². The fourth-order valence-electron chi connectivity index (χ4n) is 3.86. The Morgan fingerprint density at radius 3 is 2.62 bits per heavy atom. The third-order valence-electron chi connectivity index (χ3n) is 6.01. The highest BCUT2D eigenvalue weighted by Gasteiger charge is 2.44. The molecule has 4 rings (SSSR count). The van der Waals surface area contributed by atoms with Gasteiger partial charge in [-0.1, -0.05) is 19.9 Å². The predicted octanol–water partition coefficient (Wildman–Crippen LogP) is 5.48. The van der Waals surface area contributed by atoms with Gasteiger partial charge in [0.15, 0.2) is 5.82 Å². The van der Waals surface area contributed by atoms with E-state index in [1.54, 1.807) is 19.1 Å². The number of benzene rings is 2. The van der Waals surface area contributed by atoms with Crippen LogP contribution in [-0.2, 0) is 4.74 Å². The Labute approximate surface area is 184 Å². The summed E-state index contributed by atoms with van der Waals surface area (Å²) >= 11 is 0. The normalized spacial score (nSPS) is 15.2. The van der Waals surface area contributed by atoms with Gasteiger partial charge in [-0.25, -0.2) is 23.5 Å². The number of ether oxygens (including phenoxy) is 2. The maximum absolute atomic E-state index is 14.6. The lowest BCUT2D eigenvalue weighted by atomic mass is 9.97. The van der Waals surface area contributed by atoms with Gasteiger partial charge in [0, 0.05) is 11.5 Å². The lowest BCUT2D eigenvalue weighted by Crippen LogP contribution is -2.33. The predicted molar refractivity (Wildman–Crippen MR) is 118 cm³/mol. The minimum absolute atomic E-state index is 0.201. The van der Waals surface area contributed by atoms with Crippen LogP contribution < -0.4 is 15.0 Å². The number of methoxy groups -OCH3 is 1. The molecule has 1 aliphatic rings. The van der Waals surface area contributed by atoms with Crippen molar-refractivity contribution >= 4 is 34.2 Å². The van der Waals surface area contributed by atoms with Crippen LogP contribution in [0.4, 0.5) is 30.8 Å². The zero-order chi connectivity index (χ0) is 23.0. The van der Waals surface area contributed by atoms with E-state index in [1.165, 1.54) is 30.5 Å². The fourth-order valence-corrected chi connectivity index (χ4v) is 3.86. The van der Waals surface area contributed by atoms with Crippen molar-refractivity contribution < 1.29 is 23.0 Å². The third kappa shape index (κ3) is 3.57. The van der Waals surface area contributed by atoms with E-state index < -0.39 is 23.3 Å². The van der Waals surface area contributed by atoms with Gasteiger partial charge in [0.2, 0.25) is 0 Å². The van der Waals surface area contributed by atoms with Gasteiger partial charge in [-0.3, -0.25) is 4.90 Å². The summed E-state index contributed by atoms with van der Waals surface area (Å²) in [6.07, 6.45) is 2.15. The summed E-state index contributed by atoms with van der Waals surface area (Å²) in [7, 11) is 1.50. The molecule has 1 amide bonds.